The van der Waals surface area contributed by atoms with Gasteiger partial charge in [0.15, 0.2) is 12.2 Å². The van der Waals surface area contributed by atoms with Crippen molar-refractivity contribution < 1.29 is 14.0 Å². The number of fused-ring (bicyclic) bond motifs is 1. The van der Waals surface area contributed by atoms with Gasteiger partial charge in [0.05, 0.1) is 33.0 Å². The summed E-state index contributed by atoms with van der Waals surface area (Å²) in [6, 6.07) is 9.81. The Labute approximate surface area is 225 Å². The number of aromatic nitrogens is 3. The Morgan fingerprint density at radius 1 is 1.29 bits per heavy atom. The van der Waals surface area contributed by atoms with Crippen LogP contribution in [0.4, 0.5) is 5.95 Å². The molecule has 1 aliphatic rings. The average Bonchev–Trinajstić information content (AvgIpc) is 3.70. The van der Waals surface area contributed by atoms with E-state index in [2.05, 4.69) is 48.2 Å². The summed E-state index contributed by atoms with van der Waals surface area (Å²) in [4.78, 5) is 37.7. The van der Waals surface area contributed by atoms with Gasteiger partial charge in [-0.05, 0) is 61.2 Å². The minimum atomic E-state index is -0.249. The van der Waals surface area contributed by atoms with Crippen molar-refractivity contribution in [3.05, 3.63) is 66.0 Å². The molecule has 4 heterocycles. The lowest BCUT2D eigenvalue weighted by Crippen LogP contribution is -2.37. The van der Waals surface area contributed by atoms with Crippen LogP contribution in [0, 0.1) is 5.92 Å². The molecule has 10 heteroatoms. The summed E-state index contributed by atoms with van der Waals surface area (Å²) in [5, 5.41) is 6.49. The first-order chi connectivity index (χ1) is 18.4. The zero-order chi connectivity index (χ0) is 26.6. The van der Waals surface area contributed by atoms with Crippen molar-refractivity contribution in [2.45, 2.75) is 45.8 Å². The van der Waals surface area contributed by atoms with Crippen LogP contribution in [0.3, 0.4) is 0 Å². The zero-order valence-corrected chi connectivity index (χ0v) is 22.5. The highest BCUT2D eigenvalue weighted by atomic mass is 32.1. The van der Waals surface area contributed by atoms with Crippen LogP contribution in [-0.2, 0) is 17.9 Å². The highest BCUT2D eigenvalue weighted by Crippen LogP contribution is 2.30. The molecular weight excluding hydrogens is 500 g/mol. The van der Waals surface area contributed by atoms with Gasteiger partial charge in [0.2, 0.25) is 11.9 Å². The third kappa shape index (κ3) is 5.56. The first kappa shape index (κ1) is 25.9. The van der Waals surface area contributed by atoms with E-state index >= 15 is 0 Å². The lowest BCUT2D eigenvalue weighted by molar-refractivity contribution is -0.126. The molecule has 38 heavy (non-hydrogen) atoms. The molecule has 0 saturated carbocycles. The molecule has 0 aliphatic carbocycles. The molecule has 5 rings (SSSR count). The number of carbonyl (C=O) groups excluding carboxylic acids is 2. The molecule has 0 unspecified atom stereocenters. The maximum atomic E-state index is 13.3. The molecule has 0 spiro atoms. The van der Waals surface area contributed by atoms with Gasteiger partial charge >= 0.3 is 0 Å². The van der Waals surface area contributed by atoms with Crippen molar-refractivity contribution in [2.24, 2.45) is 5.92 Å². The second-order valence-corrected chi connectivity index (χ2v) is 11.0. The molecular formula is C28H32N6O3S. The van der Waals surface area contributed by atoms with E-state index in [9.17, 15) is 9.59 Å². The maximum Gasteiger partial charge on any atom is 0.268 e. The lowest BCUT2D eigenvalue weighted by Gasteiger charge is -2.24. The number of hydrogen-bond acceptors (Lipinski definition) is 7. The van der Waals surface area contributed by atoms with Crippen LogP contribution in [-0.4, -0.2) is 50.4 Å². The molecule has 4 aromatic rings. The van der Waals surface area contributed by atoms with E-state index in [-0.39, 0.29) is 17.9 Å². The summed E-state index contributed by atoms with van der Waals surface area (Å²) in [7, 11) is 0. The Bertz CT molecular complexity index is 1440. The first-order valence-electron chi connectivity index (χ1n) is 12.9. The Balaban J connectivity index is 1.44. The summed E-state index contributed by atoms with van der Waals surface area (Å²) in [5.41, 5.74) is 2.84. The average molecular weight is 533 g/mol. The molecule has 2 amide bonds. The van der Waals surface area contributed by atoms with E-state index in [1.165, 1.54) is 23.8 Å². The summed E-state index contributed by atoms with van der Waals surface area (Å²) in [6.45, 7) is 10.9. The molecule has 0 radical (unpaired) electrons. The topological polar surface area (TPSA) is 105 Å². The van der Waals surface area contributed by atoms with E-state index in [0.717, 1.165) is 47.4 Å². The molecule has 1 fully saturated rings. The molecule has 198 valence electrons. The number of nitrogens with one attached hydrogen (secondary N) is 2. The lowest BCUT2D eigenvalue weighted by atomic mass is 10.1. The van der Waals surface area contributed by atoms with Gasteiger partial charge in [-0.25, -0.2) is 9.97 Å². The largest absolute Gasteiger partial charge is 0.443 e. The van der Waals surface area contributed by atoms with Crippen LogP contribution in [0.5, 0.6) is 0 Å². The zero-order valence-electron chi connectivity index (χ0n) is 21.6. The van der Waals surface area contributed by atoms with Gasteiger partial charge in [-0.3, -0.25) is 14.9 Å². The van der Waals surface area contributed by atoms with Crippen molar-refractivity contribution in [1.29, 1.82) is 0 Å². The number of benzene rings is 1. The van der Waals surface area contributed by atoms with Crippen LogP contribution < -0.4 is 10.6 Å². The van der Waals surface area contributed by atoms with E-state index in [0.29, 0.717) is 35.6 Å². The van der Waals surface area contributed by atoms with Gasteiger partial charge in [0.1, 0.15) is 0 Å². The fraction of sp³-hybridized carbons (Fsp3) is 0.357. The summed E-state index contributed by atoms with van der Waals surface area (Å²) < 4.78 is 7.38. The molecule has 1 saturated heterocycles. The van der Waals surface area contributed by atoms with E-state index in [1.807, 2.05) is 21.6 Å². The Kier molecular flexibility index (Phi) is 7.71. The van der Waals surface area contributed by atoms with Gasteiger partial charge in [-0.1, -0.05) is 26.5 Å². The van der Waals surface area contributed by atoms with Crippen LogP contribution in [0.2, 0.25) is 0 Å². The fourth-order valence-corrected chi connectivity index (χ4v) is 5.66. The third-order valence-corrected chi connectivity index (χ3v) is 7.75. The van der Waals surface area contributed by atoms with Gasteiger partial charge in [-0.2, -0.15) is 0 Å². The van der Waals surface area contributed by atoms with Crippen molar-refractivity contribution >= 4 is 40.1 Å². The van der Waals surface area contributed by atoms with E-state index in [4.69, 9.17) is 9.40 Å². The number of thiophene rings is 1. The SMILES string of the molecule is C=CC(=O)N1CCC[C@@H]1Cn1c(NC(=O)c2ccc(-c3cnco3)s2)nc2cc(CNCC(C)C)ccc21. The third-order valence-electron chi connectivity index (χ3n) is 6.65. The van der Waals surface area contributed by atoms with Crippen molar-refractivity contribution in [1.82, 2.24) is 24.8 Å². The number of nitrogens with zero attached hydrogens (tertiary/aromatic N) is 4. The van der Waals surface area contributed by atoms with Crippen LogP contribution >= 0.6 is 11.3 Å². The quantitative estimate of drug-likeness (QED) is 0.281. The Morgan fingerprint density at radius 3 is 2.92 bits per heavy atom. The minimum absolute atomic E-state index is 0.000676. The minimum Gasteiger partial charge on any atom is -0.443 e. The second kappa shape index (κ2) is 11.3. The highest BCUT2D eigenvalue weighted by molar-refractivity contribution is 7.17. The van der Waals surface area contributed by atoms with Crippen LogP contribution in [0.1, 0.15) is 41.9 Å². The predicted molar refractivity (Wildman–Crippen MR) is 149 cm³/mol. The van der Waals surface area contributed by atoms with Gasteiger partial charge in [-0.15, -0.1) is 11.3 Å². The first-order valence-corrected chi connectivity index (χ1v) is 13.7. The van der Waals surface area contributed by atoms with Crippen LogP contribution in [0.15, 0.2) is 60.0 Å². The normalized spacial score (nSPS) is 15.4. The number of likely N-dealkylation sites (tertiary alicyclic amines) is 1. The maximum absolute atomic E-state index is 13.3. The smallest absolute Gasteiger partial charge is 0.268 e. The Hall–Kier alpha value is -3.76. The highest BCUT2D eigenvalue weighted by Gasteiger charge is 2.29. The number of carbonyl (C=O) groups is 2. The van der Waals surface area contributed by atoms with Crippen molar-refractivity contribution in [2.75, 3.05) is 18.4 Å². The number of anilines is 1. The molecule has 2 N–H and O–H groups in total. The van der Waals surface area contributed by atoms with Gasteiger partial charge in [0, 0.05) is 19.6 Å². The molecule has 9 nitrogen and oxygen atoms in total. The fourth-order valence-electron chi connectivity index (χ4n) is 4.81. The molecule has 0 bridgehead atoms. The number of amides is 2. The van der Waals surface area contributed by atoms with Gasteiger partial charge < -0.3 is 19.2 Å². The van der Waals surface area contributed by atoms with Gasteiger partial charge in [0.25, 0.3) is 5.91 Å². The predicted octanol–water partition coefficient (Wildman–Crippen LogP) is 4.93. The molecule has 1 aliphatic heterocycles. The second-order valence-electron chi connectivity index (χ2n) is 9.91. The molecule has 3 aromatic heterocycles. The molecule has 1 aromatic carbocycles. The molecule has 1 atom stereocenters. The summed E-state index contributed by atoms with van der Waals surface area (Å²) in [6.07, 6.45) is 6.18. The number of imidazole rings is 1. The monoisotopic (exact) mass is 532 g/mol. The van der Waals surface area contributed by atoms with E-state index in [1.54, 1.807) is 12.3 Å². The standard InChI is InChI=1S/C28H32N6O3S/c1-4-26(35)33-11-5-6-20(33)16-34-22-8-7-19(14-29-13-18(2)3)12-21(22)31-28(34)32-27(36)25-10-9-24(38-25)23-15-30-17-37-23/h4,7-10,12,15,17-18,20,29H,1,5-6,11,13-14,16H2,2-3H3,(H,31,32,36)/t20-/m1/s1. The van der Waals surface area contributed by atoms with Crippen molar-refractivity contribution in [3.8, 4) is 10.6 Å². The number of rotatable bonds is 10. The van der Waals surface area contributed by atoms with E-state index < -0.39 is 0 Å². The van der Waals surface area contributed by atoms with Crippen LogP contribution in [0.25, 0.3) is 21.7 Å². The Morgan fingerprint density at radius 2 is 2.16 bits per heavy atom. The number of hydrogen-bond donors (Lipinski definition) is 2. The number of oxazole rings is 1. The summed E-state index contributed by atoms with van der Waals surface area (Å²) in [5.74, 6) is 1.33. The summed E-state index contributed by atoms with van der Waals surface area (Å²) >= 11 is 1.33. The van der Waals surface area contributed by atoms with Crippen molar-refractivity contribution in [3.63, 3.8) is 0 Å².